The summed E-state index contributed by atoms with van der Waals surface area (Å²) in [5.41, 5.74) is 2.12. The highest BCUT2D eigenvalue weighted by atomic mass is 16.3. The molecule has 1 heterocycles. The SMILES string of the molecule is Cc1nc2c(n1CCC(C)(C)O)CCCC2. The number of hydrogen-bond donors (Lipinski definition) is 1. The molecule has 1 aromatic rings. The average Bonchev–Trinajstić information content (AvgIpc) is 2.49. The summed E-state index contributed by atoms with van der Waals surface area (Å²) in [5, 5.41) is 9.78. The molecule has 0 bridgehead atoms. The van der Waals surface area contributed by atoms with Crippen LogP contribution in [0.15, 0.2) is 0 Å². The van der Waals surface area contributed by atoms with E-state index in [-0.39, 0.29) is 0 Å². The van der Waals surface area contributed by atoms with Crippen molar-refractivity contribution in [2.75, 3.05) is 0 Å². The fraction of sp³-hybridized carbons (Fsp3) is 0.769. The summed E-state index contributed by atoms with van der Waals surface area (Å²) in [6.45, 7) is 6.69. The van der Waals surface area contributed by atoms with Gasteiger partial charge in [-0.15, -0.1) is 0 Å². The largest absolute Gasteiger partial charge is 0.390 e. The smallest absolute Gasteiger partial charge is 0.106 e. The van der Waals surface area contributed by atoms with E-state index < -0.39 is 5.60 Å². The normalized spacial score (nSPS) is 16.2. The van der Waals surface area contributed by atoms with Crippen LogP contribution in [0.4, 0.5) is 0 Å². The Morgan fingerprint density at radius 2 is 2.00 bits per heavy atom. The van der Waals surface area contributed by atoms with Crippen molar-refractivity contribution in [2.24, 2.45) is 0 Å². The molecule has 3 heteroatoms. The standard InChI is InChI=1S/C13H22N2O/c1-10-14-11-6-4-5-7-12(11)15(10)9-8-13(2,3)16/h16H,4-9H2,1-3H3. The highest BCUT2D eigenvalue weighted by Gasteiger charge is 2.19. The van der Waals surface area contributed by atoms with E-state index in [1.807, 2.05) is 13.8 Å². The fourth-order valence-electron chi connectivity index (χ4n) is 2.42. The van der Waals surface area contributed by atoms with Gasteiger partial charge in [0.05, 0.1) is 11.3 Å². The van der Waals surface area contributed by atoms with Gasteiger partial charge in [0, 0.05) is 12.2 Å². The van der Waals surface area contributed by atoms with E-state index >= 15 is 0 Å². The van der Waals surface area contributed by atoms with Crippen LogP contribution in [0.5, 0.6) is 0 Å². The van der Waals surface area contributed by atoms with Crippen LogP contribution in [0.1, 0.15) is 50.3 Å². The molecule has 0 unspecified atom stereocenters. The molecule has 0 saturated heterocycles. The van der Waals surface area contributed by atoms with Gasteiger partial charge in [-0.1, -0.05) is 0 Å². The second-order valence-electron chi connectivity index (χ2n) is 5.47. The van der Waals surface area contributed by atoms with E-state index in [0.717, 1.165) is 31.6 Å². The van der Waals surface area contributed by atoms with Crippen molar-refractivity contribution < 1.29 is 5.11 Å². The van der Waals surface area contributed by atoms with Crippen LogP contribution in [0.25, 0.3) is 0 Å². The highest BCUT2D eigenvalue weighted by Crippen LogP contribution is 2.23. The van der Waals surface area contributed by atoms with Crippen LogP contribution < -0.4 is 0 Å². The highest BCUT2D eigenvalue weighted by molar-refractivity contribution is 5.19. The summed E-state index contributed by atoms with van der Waals surface area (Å²) in [5.74, 6) is 1.11. The predicted molar refractivity (Wildman–Crippen MR) is 64.5 cm³/mol. The van der Waals surface area contributed by atoms with Gasteiger partial charge in [0.2, 0.25) is 0 Å². The first-order valence-electron chi connectivity index (χ1n) is 6.24. The van der Waals surface area contributed by atoms with Crippen LogP contribution >= 0.6 is 0 Å². The second kappa shape index (κ2) is 4.21. The van der Waals surface area contributed by atoms with Crippen molar-refractivity contribution in [3.8, 4) is 0 Å². The molecule has 1 N–H and O–H groups in total. The number of hydrogen-bond acceptors (Lipinski definition) is 2. The number of rotatable bonds is 3. The molecule has 3 nitrogen and oxygen atoms in total. The topological polar surface area (TPSA) is 38.0 Å². The summed E-state index contributed by atoms with van der Waals surface area (Å²) in [7, 11) is 0. The summed E-state index contributed by atoms with van der Waals surface area (Å²) < 4.78 is 2.30. The number of aromatic nitrogens is 2. The average molecular weight is 222 g/mol. The Bertz CT molecular complexity index is 374. The lowest BCUT2D eigenvalue weighted by atomic mass is 10.0. The van der Waals surface area contributed by atoms with E-state index in [4.69, 9.17) is 0 Å². The number of aliphatic hydroxyl groups is 1. The summed E-state index contributed by atoms with van der Waals surface area (Å²) >= 11 is 0. The molecule has 0 spiro atoms. The Morgan fingerprint density at radius 1 is 1.31 bits per heavy atom. The quantitative estimate of drug-likeness (QED) is 0.851. The molecular formula is C13H22N2O. The van der Waals surface area contributed by atoms with Crippen LogP contribution in [-0.4, -0.2) is 20.3 Å². The second-order valence-corrected chi connectivity index (χ2v) is 5.47. The zero-order valence-electron chi connectivity index (χ0n) is 10.6. The minimum Gasteiger partial charge on any atom is -0.390 e. The third-order valence-electron chi connectivity index (χ3n) is 3.37. The molecule has 0 atom stereocenters. The zero-order chi connectivity index (χ0) is 11.8. The molecular weight excluding hydrogens is 200 g/mol. The lowest BCUT2D eigenvalue weighted by Gasteiger charge is -2.20. The van der Waals surface area contributed by atoms with Crippen LogP contribution in [0, 0.1) is 6.92 Å². The van der Waals surface area contributed by atoms with E-state index in [1.165, 1.54) is 24.2 Å². The molecule has 0 radical (unpaired) electrons. The molecule has 90 valence electrons. The molecule has 0 saturated carbocycles. The van der Waals surface area contributed by atoms with E-state index in [0.29, 0.717) is 0 Å². The van der Waals surface area contributed by atoms with Gasteiger partial charge in [-0.25, -0.2) is 4.98 Å². The molecule has 0 amide bonds. The van der Waals surface area contributed by atoms with E-state index in [2.05, 4.69) is 16.5 Å². The number of imidazole rings is 1. The summed E-state index contributed by atoms with van der Waals surface area (Å²) in [4.78, 5) is 4.63. The summed E-state index contributed by atoms with van der Waals surface area (Å²) in [6.07, 6.45) is 5.62. The minimum atomic E-state index is -0.585. The third kappa shape index (κ3) is 2.46. The van der Waals surface area contributed by atoms with Crippen molar-refractivity contribution in [3.05, 3.63) is 17.2 Å². The van der Waals surface area contributed by atoms with Gasteiger partial charge in [0.15, 0.2) is 0 Å². The Balaban J connectivity index is 2.17. The summed E-state index contributed by atoms with van der Waals surface area (Å²) in [6, 6.07) is 0. The van der Waals surface area contributed by atoms with Gasteiger partial charge in [-0.2, -0.15) is 0 Å². The molecule has 0 aromatic carbocycles. The maximum Gasteiger partial charge on any atom is 0.106 e. The monoisotopic (exact) mass is 222 g/mol. The minimum absolute atomic E-state index is 0.585. The molecule has 1 aliphatic rings. The van der Waals surface area contributed by atoms with Crippen molar-refractivity contribution in [1.82, 2.24) is 9.55 Å². The van der Waals surface area contributed by atoms with Crippen LogP contribution in [-0.2, 0) is 19.4 Å². The first-order valence-corrected chi connectivity index (χ1v) is 6.24. The number of nitrogens with zero attached hydrogens (tertiary/aromatic N) is 2. The first kappa shape index (κ1) is 11.6. The van der Waals surface area contributed by atoms with Crippen LogP contribution in [0.3, 0.4) is 0 Å². The lowest BCUT2D eigenvalue weighted by molar-refractivity contribution is 0.0658. The van der Waals surface area contributed by atoms with Crippen molar-refractivity contribution in [1.29, 1.82) is 0 Å². The fourth-order valence-corrected chi connectivity index (χ4v) is 2.42. The van der Waals surface area contributed by atoms with Gasteiger partial charge in [0.1, 0.15) is 5.82 Å². The maximum atomic E-state index is 9.78. The van der Waals surface area contributed by atoms with Crippen molar-refractivity contribution >= 4 is 0 Å². The Morgan fingerprint density at radius 3 is 2.69 bits per heavy atom. The maximum absolute atomic E-state index is 9.78. The number of fused-ring (bicyclic) bond motifs is 1. The molecule has 0 aliphatic heterocycles. The van der Waals surface area contributed by atoms with E-state index in [9.17, 15) is 5.11 Å². The van der Waals surface area contributed by atoms with Crippen LogP contribution in [0.2, 0.25) is 0 Å². The molecule has 1 aromatic heterocycles. The Kier molecular flexibility index (Phi) is 3.06. The zero-order valence-corrected chi connectivity index (χ0v) is 10.6. The first-order chi connectivity index (χ1) is 7.47. The van der Waals surface area contributed by atoms with Gasteiger partial charge in [-0.3, -0.25) is 0 Å². The molecule has 16 heavy (non-hydrogen) atoms. The van der Waals surface area contributed by atoms with Gasteiger partial charge in [0.25, 0.3) is 0 Å². The molecule has 2 rings (SSSR count). The van der Waals surface area contributed by atoms with Crippen molar-refractivity contribution in [3.63, 3.8) is 0 Å². The number of aryl methyl sites for hydroxylation is 2. The van der Waals surface area contributed by atoms with Gasteiger partial charge >= 0.3 is 0 Å². The van der Waals surface area contributed by atoms with Crippen molar-refractivity contribution in [2.45, 2.75) is 65.0 Å². The molecule has 0 fully saturated rings. The van der Waals surface area contributed by atoms with Gasteiger partial charge in [-0.05, 0) is 52.9 Å². The van der Waals surface area contributed by atoms with E-state index in [1.54, 1.807) is 0 Å². The Hall–Kier alpha value is -0.830. The predicted octanol–water partition coefficient (Wildman–Crippen LogP) is 2.23. The Labute approximate surface area is 97.5 Å². The lowest BCUT2D eigenvalue weighted by Crippen LogP contribution is -2.22. The third-order valence-corrected chi connectivity index (χ3v) is 3.37. The van der Waals surface area contributed by atoms with Gasteiger partial charge < -0.3 is 9.67 Å². The molecule has 1 aliphatic carbocycles.